The van der Waals surface area contributed by atoms with Crippen LogP contribution in [0.3, 0.4) is 0 Å². The molecule has 0 aliphatic carbocycles. The van der Waals surface area contributed by atoms with Gasteiger partial charge in [0.05, 0.1) is 4.90 Å². The van der Waals surface area contributed by atoms with Crippen LogP contribution in [0.2, 0.25) is 0 Å². The number of carbonyl (C=O) groups excluding carboxylic acids is 1. The van der Waals surface area contributed by atoms with Crippen molar-refractivity contribution in [3.8, 4) is 0 Å². The Morgan fingerprint density at radius 1 is 0.909 bits per heavy atom. The molecular weight excluding hydrogens is 296 g/mol. The van der Waals surface area contributed by atoms with Crippen LogP contribution in [0.4, 0.5) is 0 Å². The van der Waals surface area contributed by atoms with E-state index in [4.69, 9.17) is 0 Å². The molecule has 2 rings (SSSR count). The summed E-state index contributed by atoms with van der Waals surface area (Å²) >= 11 is 0. The first-order valence-electron chi connectivity index (χ1n) is 7.12. The zero-order valence-electron chi connectivity index (χ0n) is 13.0. The Bertz CT molecular complexity index is 752. The fourth-order valence-corrected chi connectivity index (χ4v) is 3.37. The smallest absolute Gasteiger partial charge is 0.185 e. The molecular formula is C18H20O3S. The number of hydrogen-bond donors (Lipinski definition) is 0. The second-order valence-corrected chi connectivity index (χ2v) is 8.31. The number of ketones is 1. The lowest BCUT2D eigenvalue weighted by Crippen LogP contribution is -2.17. The molecule has 0 amide bonds. The van der Waals surface area contributed by atoms with E-state index in [1.807, 2.05) is 12.1 Å². The number of Topliss-reactive ketones (excluding diaryl/α,β-unsaturated/α-hetero) is 1. The summed E-state index contributed by atoms with van der Waals surface area (Å²) in [6.07, 6.45) is 0. The maximum atomic E-state index is 12.2. The number of rotatable bonds is 4. The molecule has 0 heterocycles. The van der Waals surface area contributed by atoms with Crippen molar-refractivity contribution in [3.63, 3.8) is 0 Å². The Morgan fingerprint density at radius 2 is 1.45 bits per heavy atom. The molecule has 0 fully saturated rings. The van der Waals surface area contributed by atoms with Crippen LogP contribution in [0.5, 0.6) is 0 Å². The summed E-state index contributed by atoms with van der Waals surface area (Å²) in [5, 5.41) is 0. The van der Waals surface area contributed by atoms with Crippen molar-refractivity contribution in [2.45, 2.75) is 31.1 Å². The molecule has 0 N–H and O–H groups in total. The van der Waals surface area contributed by atoms with E-state index in [0.717, 1.165) is 5.56 Å². The van der Waals surface area contributed by atoms with Crippen molar-refractivity contribution in [1.82, 2.24) is 0 Å². The van der Waals surface area contributed by atoms with Crippen LogP contribution in [-0.2, 0) is 15.3 Å². The standard InChI is InChI=1S/C18H20O3S/c1-18(2,3)15-11-9-14(10-12-15)17(19)13-22(20,21)16-7-5-4-6-8-16/h4-12H,13H2,1-3H3. The maximum absolute atomic E-state index is 12.2. The molecule has 0 unspecified atom stereocenters. The van der Waals surface area contributed by atoms with Gasteiger partial charge in [-0.3, -0.25) is 4.79 Å². The summed E-state index contributed by atoms with van der Waals surface area (Å²) in [7, 11) is -3.60. The van der Waals surface area contributed by atoms with Gasteiger partial charge in [0.1, 0.15) is 5.75 Å². The average Bonchev–Trinajstić information content (AvgIpc) is 2.47. The maximum Gasteiger partial charge on any atom is 0.185 e. The van der Waals surface area contributed by atoms with Gasteiger partial charge in [-0.15, -0.1) is 0 Å². The fraction of sp³-hybridized carbons (Fsp3) is 0.278. The molecule has 2 aromatic rings. The van der Waals surface area contributed by atoms with Crippen LogP contribution >= 0.6 is 0 Å². The number of sulfone groups is 1. The van der Waals surface area contributed by atoms with Crippen molar-refractivity contribution in [3.05, 3.63) is 65.7 Å². The molecule has 0 saturated carbocycles. The van der Waals surface area contributed by atoms with E-state index in [1.54, 1.807) is 30.3 Å². The third kappa shape index (κ3) is 3.83. The predicted octanol–water partition coefficient (Wildman–Crippen LogP) is 3.64. The zero-order chi connectivity index (χ0) is 16.4. The van der Waals surface area contributed by atoms with Crippen molar-refractivity contribution in [2.24, 2.45) is 0 Å². The van der Waals surface area contributed by atoms with Crippen LogP contribution in [0.15, 0.2) is 59.5 Å². The Labute approximate surface area is 131 Å². The lowest BCUT2D eigenvalue weighted by Gasteiger charge is -2.19. The van der Waals surface area contributed by atoms with Gasteiger partial charge in [0, 0.05) is 5.56 Å². The SMILES string of the molecule is CC(C)(C)c1ccc(C(=O)CS(=O)(=O)c2ccccc2)cc1. The van der Waals surface area contributed by atoms with Crippen molar-refractivity contribution >= 4 is 15.6 Å². The monoisotopic (exact) mass is 316 g/mol. The summed E-state index contributed by atoms with van der Waals surface area (Å²) in [5.74, 6) is -0.893. The molecule has 0 atom stereocenters. The van der Waals surface area contributed by atoms with E-state index in [9.17, 15) is 13.2 Å². The fourth-order valence-electron chi connectivity index (χ4n) is 2.12. The normalized spacial score (nSPS) is 12.1. The molecule has 0 aromatic heterocycles. The number of benzene rings is 2. The van der Waals surface area contributed by atoms with Gasteiger partial charge in [0.2, 0.25) is 0 Å². The Morgan fingerprint density at radius 3 is 1.95 bits per heavy atom. The summed E-state index contributed by atoms with van der Waals surface area (Å²) < 4.78 is 24.4. The lowest BCUT2D eigenvalue weighted by molar-refractivity contribution is 0.102. The highest BCUT2D eigenvalue weighted by Gasteiger charge is 2.21. The number of hydrogen-bond acceptors (Lipinski definition) is 3. The van der Waals surface area contributed by atoms with E-state index < -0.39 is 15.6 Å². The van der Waals surface area contributed by atoms with E-state index >= 15 is 0 Å². The van der Waals surface area contributed by atoms with Crippen LogP contribution < -0.4 is 0 Å². The first-order valence-corrected chi connectivity index (χ1v) is 8.77. The van der Waals surface area contributed by atoms with Gasteiger partial charge in [-0.25, -0.2) is 8.42 Å². The van der Waals surface area contributed by atoms with Crippen molar-refractivity contribution in [2.75, 3.05) is 5.75 Å². The summed E-state index contributed by atoms with van der Waals surface area (Å²) in [4.78, 5) is 12.4. The van der Waals surface area contributed by atoms with Gasteiger partial charge in [0.25, 0.3) is 0 Å². The summed E-state index contributed by atoms with van der Waals surface area (Å²) in [5.41, 5.74) is 1.53. The number of carbonyl (C=O) groups is 1. The van der Waals surface area contributed by atoms with Gasteiger partial charge >= 0.3 is 0 Å². The molecule has 0 aliphatic heterocycles. The largest absolute Gasteiger partial charge is 0.293 e. The van der Waals surface area contributed by atoms with Crippen LogP contribution in [0, 0.1) is 0 Å². The minimum atomic E-state index is -3.60. The second-order valence-electron chi connectivity index (χ2n) is 6.32. The van der Waals surface area contributed by atoms with Gasteiger partial charge in [0.15, 0.2) is 15.6 Å². The Hall–Kier alpha value is -1.94. The zero-order valence-corrected chi connectivity index (χ0v) is 13.9. The van der Waals surface area contributed by atoms with Gasteiger partial charge in [-0.05, 0) is 23.1 Å². The first-order chi connectivity index (χ1) is 10.2. The van der Waals surface area contributed by atoms with Crippen LogP contribution in [0.25, 0.3) is 0 Å². The molecule has 0 spiro atoms. The first kappa shape index (κ1) is 16.4. The Kier molecular flexibility index (Phi) is 4.52. The molecule has 0 saturated heterocycles. The van der Waals surface area contributed by atoms with Crippen LogP contribution in [0.1, 0.15) is 36.7 Å². The minimum absolute atomic E-state index is 0.00229. The molecule has 116 valence electrons. The summed E-state index contributed by atoms with van der Waals surface area (Å²) in [6, 6.07) is 15.2. The summed E-state index contributed by atoms with van der Waals surface area (Å²) in [6.45, 7) is 6.26. The Balaban J connectivity index is 2.19. The van der Waals surface area contributed by atoms with Gasteiger partial charge < -0.3 is 0 Å². The van der Waals surface area contributed by atoms with Crippen molar-refractivity contribution in [1.29, 1.82) is 0 Å². The van der Waals surface area contributed by atoms with Gasteiger partial charge in [-0.2, -0.15) is 0 Å². The highest BCUT2D eigenvalue weighted by atomic mass is 32.2. The second kappa shape index (κ2) is 6.05. The van der Waals surface area contributed by atoms with Crippen molar-refractivity contribution < 1.29 is 13.2 Å². The van der Waals surface area contributed by atoms with E-state index in [-0.39, 0.29) is 16.1 Å². The van der Waals surface area contributed by atoms with E-state index in [0.29, 0.717) is 5.56 Å². The van der Waals surface area contributed by atoms with Crippen LogP contribution in [-0.4, -0.2) is 20.0 Å². The van der Waals surface area contributed by atoms with E-state index in [1.165, 1.54) is 12.1 Å². The lowest BCUT2D eigenvalue weighted by atomic mass is 9.86. The highest BCUT2D eigenvalue weighted by Crippen LogP contribution is 2.22. The predicted molar refractivity (Wildman–Crippen MR) is 88.0 cm³/mol. The third-order valence-corrected chi connectivity index (χ3v) is 5.13. The highest BCUT2D eigenvalue weighted by molar-refractivity contribution is 7.92. The van der Waals surface area contributed by atoms with Gasteiger partial charge in [-0.1, -0.05) is 63.2 Å². The topological polar surface area (TPSA) is 51.2 Å². The van der Waals surface area contributed by atoms with E-state index in [2.05, 4.69) is 20.8 Å². The molecule has 4 heteroatoms. The molecule has 0 radical (unpaired) electrons. The quantitative estimate of drug-likeness (QED) is 0.809. The minimum Gasteiger partial charge on any atom is -0.293 e. The molecule has 22 heavy (non-hydrogen) atoms. The third-order valence-electron chi connectivity index (χ3n) is 3.50. The molecule has 0 aliphatic rings. The molecule has 0 bridgehead atoms. The molecule has 3 nitrogen and oxygen atoms in total. The molecule has 2 aromatic carbocycles. The average molecular weight is 316 g/mol.